The van der Waals surface area contributed by atoms with E-state index in [0.717, 1.165) is 4.47 Å². The van der Waals surface area contributed by atoms with Gasteiger partial charge in [0, 0.05) is 30.0 Å². The Morgan fingerprint density at radius 1 is 1.44 bits per heavy atom. The van der Waals surface area contributed by atoms with Crippen LogP contribution in [0.2, 0.25) is 0 Å². The lowest BCUT2D eigenvalue weighted by molar-refractivity contribution is 0.0716. The van der Waals surface area contributed by atoms with Crippen molar-refractivity contribution in [1.82, 2.24) is 14.8 Å². The maximum Gasteiger partial charge on any atom is 0.363 e. The van der Waals surface area contributed by atoms with Crippen molar-refractivity contribution in [3.05, 3.63) is 40.8 Å². The highest BCUT2D eigenvalue weighted by molar-refractivity contribution is 9.10. The third-order valence-electron chi connectivity index (χ3n) is 1.92. The summed E-state index contributed by atoms with van der Waals surface area (Å²) in [5, 5.41) is 3.88. The monoisotopic (exact) mass is 281 g/mol. The van der Waals surface area contributed by atoms with Crippen molar-refractivity contribution in [2.45, 2.75) is 0 Å². The highest BCUT2D eigenvalue weighted by atomic mass is 79.9. The van der Waals surface area contributed by atoms with Gasteiger partial charge in [-0.1, -0.05) is 15.9 Å². The van der Waals surface area contributed by atoms with E-state index in [1.807, 2.05) is 0 Å². The number of aryl methyl sites for hydroxylation is 1. The largest absolute Gasteiger partial charge is 0.403 e. The number of carbonyl (C=O) groups is 1. The second-order valence-electron chi connectivity index (χ2n) is 3.04. The first-order valence-electron chi connectivity index (χ1n) is 4.48. The van der Waals surface area contributed by atoms with Crippen LogP contribution in [0.1, 0.15) is 10.5 Å². The average molecular weight is 282 g/mol. The molecule has 0 N–H and O–H groups in total. The molecule has 2 aromatic heterocycles. The van der Waals surface area contributed by atoms with Gasteiger partial charge < -0.3 is 4.74 Å². The smallest absolute Gasteiger partial charge is 0.363 e. The molecular weight excluding hydrogens is 274 g/mol. The van der Waals surface area contributed by atoms with Crippen LogP contribution in [0.4, 0.5) is 0 Å². The zero-order valence-corrected chi connectivity index (χ0v) is 10.0. The van der Waals surface area contributed by atoms with Crippen molar-refractivity contribution in [2.75, 3.05) is 0 Å². The standard InChI is InChI=1S/C10H8BrN3O2/c1-14-8(3-5-13-14)10(15)16-9-6-7(11)2-4-12-9/h2-6H,1H3. The minimum Gasteiger partial charge on any atom is -0.403 e. The molecule has 0 amide bonds. The third-order valence-corrected chi connectivity index (χ3v) is 2.42. The van der Waals surface area contributed by atoms with Crippen LogP contribution in [0.25, 0.3) is 0 Å². The molecule has 0 saturated carbocycles. The molecule has 0 radical (unpaired) electrons. The van der Waals surface area contributed by atoms with Crippen LogP contribution in [-0.4, -0.2) is 20.7 Å². The van der Waals surface area contributed by atoms with Crippen LogP contribution in [-0.2, 0) is 7.05 Å². The van der Waals surface area contributed by atoms with Gasteiger partial charge in [0.1, 0.15) is 5.69 Å². The number of nitrogens with zero attached hydrogens (tertiary/aromatic N) is 3. The lowest BCUT2D eigenvalue weighted by Crippen LogP contribution is -2.14. The summed E-state index contributed by atoms with van der Waals surface area (Å²) in [5.74, 6) is -0.230. The Bertz CT molecular complexity index is 524. The van der Waals surface area contributed by atoms with Gasteiger partial charge in [-0.3, -0.25) is 4.68 Å². The molecular formula is C10H8BrN3O2. The number of hydrogen-bond acceptors (Lipinski definition) is 4. The molecule has 2 rings (SSSR count). The predicted octanol–water partition coefficient (Wildman–Crippen LogP) is 1.80. The highest BCUT2D eigenvalue weighted by Gasteiger charge is 2.12. The molecule has 2 heterocycles. The maximum absolute atomic E-state index is 11.7. The Morgan fingerprint density at radius 2 is 2.25 bits per heavy atom. The van der Waals surface area contributed by atoms with Crippen molar-refractivity contribution in [2.24, 2.45) is 7.05 Å². The highest BCUT2D eigenvalue weighted by Crippen LogP contribution is 2.15. The first-order valence-corrected chi connectivity index (χ1v) is 5.28. The Hall–Kier alpha value is -1.69. The van der Waals surface area contributed by atoms with Gasteiger partial charge in [-0.05, 0) is 12.1 Å². The summed E-state index contributed by atoms with van der Waals surface area (Å²) in [6.07, 6.45) is 3.08. The second kappa shape index (κ2) is 4.44. The van der Waals surface area contributed by atoms with Crippen molar-refractivity contribution in [3.8, 4) is 5.88 Å². The Kier molecular flexibility index (Phi) is 3.00. The van der Waals surface area contributed by atoms with Crippen LogP contribution < -0.4 is 4.74 Å². The van der Waals surface area contributed by atoms with Crippen LogP contribution in [0.5, 0.6) is 5.88 Å². The van der Waals surface area contributed by atoms with E-state index in [2.05, 4.69) is 26.0 Å². The van der Waals surface area contributed by atoms with Crippen molar-refractivity contribution >= 4 is 21.9 Å². The summed E-state index contributed by atoms with van der Waals surface area (Å²) in [6.45, 7) is 0. The van der Waals surface area contributed by atoms with E-state index in [1.54, 1.807) is 31.4 Å². The van der Waals surface area contributed by atoms with E-state index in [1.165, 1.54) is 10.9 Å². The minimum atomic E-state index is -0.481. The van der Waals surface area contributed by atoms with Crippen molar-refractivity contribution in [3.63, 3.8) is 0 Å². The van der Waals surface area contributed by atoms with Gasteiger partial charge >= 0.3 is 5.97 Å². The van der Waals surface area contributed by atoms with Crippen molar-refractivity contribution in [1.29, 1.82) is 0 Å². The maximum atomic E-state index is 11.7. The molecule has 0 aromatic carbocycles. The molecule has 0 bridgehead atoms. The fourth-order valence-electron chi connectivity index (χ4n) is 1.16. The van der Waals surface area contributed by atoms with E-state index in [-0.39, 0.29) is 5.88 Å². The predicted molar refractivity (Wildman–Crippen MR) is 60.1 cm³/mol. The first kappa shape index (κ1) is 10.8. The van der Waals surface area contributed by atoms with E-state index in [9.17, 15) is 4.79 Å². The zero-order valence-electron chi connectivity index (χ0n) is 8.42. The molecule has 0 aliphatic rings. The van der Waals surface area contributed by atoms with E-state index in [4.69, 9.17) is 4.74 Å². The number of esters is 1. The molecule has 0 aliphatic carbocycles. The molecule has 0 fully saturated rings. The van der Waals surface area contributed by atoms with Crippen molar-refractivity contribution < 1.29 is 9.53 Å². The Balaban J connectivity index is 2.17. The second-order valence-corrected chi connectivity index (χ2v) is 3.96. The average Bonchev–Trinajstić information content (AvgIpc) is 2.64. The summed E-state index contributed by atoms with van der Waals surface area (Å²) in [6, 6.07) is 4.95. The summed E-state index contributed by atoms with van der Waals surface area (Å²) >= 11 is 3.27. The molecule has 2 aromatic rings. The fourth-order valence-corrected chi connectivity index (χ4v) is 1.48. The van der Waals surface area contributed by atoms with Gasteiger partial charge in [0.05, 0.1) is 0 Å². The summed E-state index contributed by atoms with van der Waals surface area (Å²) in [4.78, 5) is 15.6. The van der Waals surface area contributed by atoms with Crippen LogP contribution in [0.3, 0.4) is 0 Å². The van der Waals surface area contributed by atoms with E-state index in [0.29, 0.717) is 5.69 Å². The molecule has 0 aliphatic heterocycles. The number of carbonyl (C=O) groups excluding carboxylic acids is 1. The Labute approximate surface area is 100 Å². The molecule has 0 saturated heterocycles. The number of ether oxygens (including phenoxy) is 1. The summed E-state index contributed by atoms with van der Waals surface area (Å²) in [7, 11) is 1.67. The molecule has 0 spiro atoms. The zero-order chi connectivity index (χ0) is 11.5. The minimum absolute atomic E-state index is 0.251. The number of aromatic nitrogens is 3. The molecule has 5 nitrogen and oxygen atoms in total. The fraction of sp³-hybridized carbons (Fsp3) is 0.100. The SMILES string of the molecule is Cn1nccc1C(=O)Oc1cc(Br)ccn1. The molecule has 6 heteroatoms. The Morgan fingerprint density at radius 3 is 2.88 bits per heavy atom. The van der Waals surface area contributed by atoms with Crippen LogP contribution >= 0.6 is 15.9 Å². The number of pyridine rings is 1. The number of rotatable bonds is 2. The third kappa shape index (κ3) is 2.27. The van der Waals surface area contributed by atoms with Gasteiger partial charge in [-0.15, -0.1) is 0 Å². The topological polar surface area (TPSA) is 57.0 Å². The lowest BCUT2D eigenvalue weighted by Gasteiger charge is -2.03. The van der Waals surface area contributed by atoms with Gasteiger partial charge in [0.2, 0.25) is 5.88 Å². The molecule has 82 valence electrons. The van der Waals surface area contributed by atoms with Crippen LogP contribution in [0.15, 0.2) is 35.1 Å². The quantitative estimate of drug-likeness (QED) is 0.788. The van der Waals surface area contributed by atoms with Gasteiger partial charge in [0.15, 0.2) is 0 Å². The molecule has 16 heavy (non-hydrogen) atoms. The van der Waals surface area contributed by atoms with Gasteiger partial charge in [-0.25, -0.2) is 9.78 Å². The molecule has 0 unspecified atom stereocenters. The summed E-state index contributed by atoms with van der Waals surface area (Å²) in [5.41, 5.74) is 0.377. The normalized spacial score (nSPS) is 10.1. The summed E-state index contributed by atoms with van der Waals surface area (Å²) < 4.78 is 7.33. The van der Waals surface area contributed by atoms with E-state index >= 15 is 0 Å². The molecule has 0 atom stereocenters. The lowest BCUT2D eigenvalue weighted by atomic mass is 10.4. The number of halogens is 1. The van der Waals surface area contributed by atoms with Crippen LogP contribution in [0, 0.1) is 0 Å². The number of hydrogen-bond donors (Lipinski definition) is 0. The van der Waals surface area contributed by atoms with Gasteiger partial charge in [-0.2, -0.15) is 5.10 Å². The first-order chi connectivity index (χ1) is 7.66. The van der Waals surface area contributed by atoms with Gasteiger partial charge in [0.25, 0.3) is 0 Å². The van der Waals surface area contributed by atoms with E-state index < -0.39 is 5.97 Å².